The third-order valence-corrected chi connectivity index (χ3v) is 2.61. The lowest BCUT2D eigenvalue weighted by Gasteiger charge is -2.03. The number of methoxy groups -OCH3 is 1. The van der Waals surface area contributed by atoms with Crippen LogP contribution < -0.4 is 5.32 Å². The molecule has 0 heterocycles. The number of nitriles is 1. The summed E-state index contributed by atoms with van der Waals surface area (Å²) in [5.74, 6) is -0.394. The number of nitrogens with zero attached hydrogens (tertiary/aromatic N) is 1. The van der Waals surface area contributed by atoms with Gasteiger partial charge >= 0.3 is 0 Å². The molecular weight excluding hydrogens is 296 g/mol. The number of hydrogen-bond donors (Lipinski definition) is 1. The third kappa shape index (κ3) is 4.70. The molecule has 0 aliphatic heterocycles. The molecule has 0 aliphatic rings. The van der Waals surface area contributed by atoms with Crippen molar-refractivity contribution in [1.29, 1.82) is 5.26 Å². The normalized spacial score (nSPS) is 10.8. The molecule has 18 heavy (non-hydrogen) atoms. The van der Waals surface area contributed by atoms with Gasteiger partial charge in [0, 0.05) is 18.1 Å². The second kappa shape index (κ2) is 7.64. The predicted molar refractivity (Wildman–Crippen MR) is 72.6 cm³/mol. The van der Waals surface area contributed by atoms with E-state index in [1.165, 1.54) is 0 Å². The Morgan fingerprint density at radius 1 is 1.61 bits per heavy atom. The molecule has 0 aromatic heterocycles. The molecule has 0 bridgehead atoms. The highest BCUT2D eigenvalue weighted by molar-refractivity contribution is 9.10. The fraction of sp³-hybridized carbons (Fsp3) is 0.231. The van der Waals surface area contributed by atoms with Crippen molar-refractivity contribution in [3.05, 3.63) is 39.9 Å². The van der Waals surface area contributed by atoms with Gasteiger partial charge in [0.2, 0.25) is 0 Å². The van der Waals surface area contributed by atoms with E-state index in [0.29, 0.717) is 13.2 Å². The zero-order valence-corrected chi connectivity index (χ0v) is 11.5. The second-order valence-electron chi connectivity index (χ2n) is 3.47. The van der Waals surface area contributed by atoms with Gasteiger partial charge in [-0.15, -0.1) is 0 Å². The van der Waals surface area contributed by atoms with E-state index in [9.17, 15) is 4.79 Å². The predicted octanol–water partition coefficient (Wildman–Crippen LogP) is 2.12. The van der Waals surface area contributed by atoms with E-state index in [2.05, 4.69) is 21.2 Å². The highest BCUT2D eigenvalue weighted by atomic mass is 79.9. The highest BCUT2D eigenvalue weighted by Crippen LogP contribution is 2.14. The number of rotatable bonds is 5. The van der Waals surface area contributed by atoms with Gasteiger partial charge in [-0.25, -0.2) is 0 Å². The van der Waals surface area contributed by atoms with Crippen LogP contribution >= 0.6 is 15.9 Å². The van der Waals surface area contributed by atoms with Crippen LogP contribution in [0.5, 0.6) is 0 Å². The first-order valence-electron chi connectivity index (χ1n) is 5.32. The molecule has 0 spiro atoms. The quantitative estimate of drug-likeness (QED) is 0.515. The number of benzene rings is 1. The smallest absolute Gasteiger partial charge is 0.262 e. The Morgan fingerprint density at radius 2 is 2.39 bits per heavy atom. The van der Waals surface area contributed by atoms with Crippen molar-refractivity contribution < 1.29 is 9.53 Å². The van der Waals surface area contributed by atoms with Gasteiger partial charge in [-0.1, -0.05) is 28.1 Å². The molecule has 1 amide bonds. The molecule has 0 atom stereocenters. The third-order valence-electron chi connectivity index (χ3n) is 2.12. The lowest BCUT2D eigenvalue weighted by Crippen LogP contribution is -2.27. The van der Waals surface area contributed by atoms with E-state index < -0.39 is 5.91 Å². The zero-order chi connectivity index (χ0) is 13.4. The van der Waals surface area contributed by atoms with Gasteiger partial charge in [-0.05, 0) is 23.8 Å². The fourth-order valence-corrected chi connectivity index (χ4v) is 1.69. The summed E-state index contributed by atoms with van der Waals surface area (Å²) in [7, 11) is 1.55. The molecule has 1 aromatic rings. The molecule has 0 saturated carbocycles. The summed E-state index contributed by atoms with van der Waals surface area (Å²) in [5.41, 5.74) is 0.868. The minimum atomic E-state index is -0.394. The molecule has 1 aromatic carbocycles. The largest absolute Gasteiger partial charge is 0.383 e. The van der Waals surface area contributed by atoms with Gasteiger partial charge in [0.15, 0.2) is 0 Å². The van der Waals surface area contributed by atoms with Crippen molar-refractivity contribution >= 4 is 27.9 Å². The summed E-state index contributed by atoms with van der Waals surface area (Å²) in [6.45, 7) is 0.800. The lowest BCUT2D eigenvalue weighted by atomic mass is 10.1. The average Bonchev–Trinajstić information content (AvgIpc) is 2.36. The Labute approximate surface area is 114 Å². The Hall–Kier alpha value is -1.64. The standard InChI is InChI=1S/C13H13BrN2O2/c1-18-6-5-16-13(17)11(9-15)7-10-3-2-4-12(14)8-10/h2-4,7-8H,5-6H2,1H3,(H,16,17)/b11-7+. The number of amides is 1. The van der Waals surface area contributed by atoms with E-state index >= 15 is 0 Å². The van der Waals surface area contributed by atoms with Crippen molar-refractivity contribution in [1.82, 2.24) is 5.32 Å². The van der Waals surface area contributed by atoms with Gasteiger partial charge in [0.1, 0.15) is 11.6 Å². The van der Waals surface area contributed by atoms with Crippen LogP contribution in [0.4, 0.5) is 0 Å². The van der Waals surface area contributed by atoms with E-state index in [4.69, 9.17) is 10.00 Å². The molecule has 0 aliphatic carbocycles. The van der Waals surface area contributed by atoms with Crippen LogP contribution in [0.3, 0.4) is 0 Å². The van der Waals surface area contributed by atoms with Crippen LogP contribution in [0, 0.1) is 11.3 Å². The Morgan fingerprint density at radius 3 is 3.00 bits per heavy atom. The molecule has 0 radical (unpaired) electrons. The maximum absolute atomic E-state index is 11.7. The average molecular weight is 309 g/mol. The van der Waals surface area contributed by atoms with Crippen molar-refractivity contribution in [2.45, 2.75) is 0 Å². The monoisotopic (exact) mass is 308 g/mol. The molecule has 1 rings (SSSR count). The fourth-order valence-electron chi connectivity index (χ4n) is 1.27. The first-order chi connectivity index (χ1) is 8.67. The van der Waals surface area contributed by atoms with Crippen molar-refractivity contribution in [2.75, 3.05) is 20.3 Å². The summed E-state index contributed by atoms with van der Waals surface area (Å²) in [4.78, 5) is 11.7. The summed E-state index contributed by atoms with van der Waals surface area (Å²) in [5, 5.41) is 11.6. The zero-order valence-electron chi connectivity index (χ0n) is 9.94. The van der Waals surface area contributed by atoms with Crippen LogP contribution in [-0.2, 0) is 9.53 Å². The maximum Gasteiger partial charge on any atom is 0.262 e. The van der Waals surface area contributed by atoms with Crippen molar-refractivity contribution in [2.24, 2.45) is 0 Å². The maximum atomic E-state index is 11.7. The minimum Gasteiger partial charge on any atom is -0.383 e. The Kier molecular flexibility index (Phi) is 6.12. The van der Waals surface area contributed by atoms with Crippen LogP contribution in [-0.4, -0.2) is 26.2 Å². The molecule has 4 nitrogen and oxygen atoms in total. The molecule has 0 saturated heterocycles. The van der Waals surface area contributed by atoms with Gasteiger partial charge in [0.25, 0.3) is 5.91 Å². The summed E-state index contributed by atoms with van der Waals surface area (Å²) in [6, 6.07) is 9.26. The first kappa shape index (κ1) is 14.4. The van der Waals surface area contributed by atoms with Crippen LogP contribution in [0.2, 0.25) is 0 Å². The number of carbonyl (C=O) groups is 1. The van der Waals surface area contributed by atoms with Gasteiger partial charge in [0.05, 0.1) is 6.61 Å². The molecule has 94 valence electrons. The summed E-state index contributed by atoms with van der Waals surface area (Å²) in [6.07, 6.45) is 1.55. The van der Waals surface area contributed by atoms with E-state index in [1.54, 1.807) is 13.2 Å². The van der Waals surface area contributed by atoms with E-state index in [1.807, 2.05) is 30.3 Å². The van der Waals surface area contributed by atoms with Crippen LogP contribution in [0.1, 0.15) is 5.56 Å². The number of nitrogens with one attached hydrogen (secondary N) is 1. The lowest BCUT2D eigenvalue weighted by molar-refractivity contribution is -0.117. The molecule has 0 unspecified atom stereocenters. The summed E-state index contributed by atoms with van der Waals surface area (Å²) >= 11 is 3.33. The second-order valence-corrected chi connectivity index (χ2v) is 4.39. The number of ether oxygens (including phenoxy) is 1. The number of carbonyl (C=O) groups excluding carboxylic acids is 1. The van der Waals surface area contributed by atoms with E-state index in [0.717, 1.165) is 10.0 Å². The van der Waals surface area contributed by atoms with Crippen LogP contribution in [0.25, 0.3) is 6.08 Å². The van der Waals surface area contributed by atoms with Gasteiger partial charge in [-0.2, -0.15) is 5.26 Å². The molecule has 0 fully saturated rings. The van der Waals surface area contributed by atoms with Crippen molar-refractivity contribution in [3.63, 3.8) is 0 Å². The Balaban J connectivity index is 2.77. The van der Waals surface area contributed by atoms with Crippen LogP contribution in [0.15, 0.2) is 34.3 Å². The van der Waals surface area contributed by atoms with Gasteiger partial charge < -0.3 is 10.1 Å². The molecule has 1 N–H and O–H groups in total. The first-order valence-corrected chi connectivity index (χ1v) is 6.11. The Bertz CT molecular complexity index is 492. The topological polar surface area (TPSA) is 62.1 Å². The molecule has 5 heteroatoms. The van der Waals surface area contributed by atoms with E-state index in [-0.39, 0.29) is 5.57 Å². The summed E-state index contributed by atoms with van der Waals surface area (Å²) < 4.78 is 5.71. The number of hydrogen-bond acceptors (Lipinski definition) is 3. The van der Waals surface area contributed by atoms with Crippen molar-refractivity contribution in [3.8, 4) is 6.07 Å². The molecular formula is C13H13BrN2O2. The number of halogens is 1. The SMILES string of the molecule is COCCNC(=O)/C(C#N)=C/c1cccc(Br)c1. The minimum absolute atomic E-state index is 0.0733. The highest BCUT2D eigenvalue weighted by Gasteiger charge is 2.07. The van der Waals surface area contributed by atoms with Gasteiger partial charge in [-0.3, -0.25) is 4.79 Å².